The van der Waals surface area contributed by atoms with Gasteiger partial charge in [-0.1, -0.05) is 12.7 Å². The first-order valence-corrected chi connectivity index (χ1v) is 12.3. The molecule has 0 amide bonds. The summed E-state index contributed by atoms with van der Waals surface area (Å²) in [6.07, 6.45) is 3.02. The van der Waals surface area contributed by atoms with Crippen molar-refractivity contribution in [3.8, 4) is 17.9 Å². The normalized spacial score (nSPS) is 10.8. The Morgan fingerprint density at radius 3 is 2.44 bits per heavy atom. The molecule has 6 nitrogen and oxygen atoms in total. The molecule has 9 heteroatoms. The monoisotopic (exact) mass is 672 g/mol. The first-order valence-electron chi connectivity index (χ1n) is 9.34. The Hall–Kier alpha value is -2.22. The number of hydrogen-bond acceptors (Lipinski definition) is 7. The topological polar surface area (TPSA) is 100 Å². The van der Waals surface area contributed by atoms with Crippen LogP contribution < -0.4 is 4.74 Å². The fourth-order valence-electron chi connectivity index (χ4n) is 2.76. The van der Waals surface area contributed by atoms with Gasteiger partial charge < -0.3 is 9.47 Å². The molecule has 0 saturated heterocycles. The standard InChI is InChI=1S/C23H18I2N2O4S/c1-4-6-31-21-17(24)8-14(9-18(21)25)7-15(11-26)19(28)10-20-16(12-27)13(3)22(32-20)23(29)30-5-2/h4,7-9H,1,5-6,10H2,2-3H3/b15-7+. The van der Waals surface area contributed by atoms with Crippen molar-refractivity contribution in [2.45, 2.75) is 20.3 Å². The Kier molecular flexibility index (Phi) is 9.87. The molecule has 1 aromatic carbocycles. The summed E-state index contributed by atoms with van der Waals surface area (Å²) >= 11 is 5.32. The highest BCUT2D eigenvalue weighted by Crippen LogP contribution is 2.31. The summed E-state index contributed by atoms with van der Waals surface area (Å²) in [5.74, 6) is -0.242. The molecule has 0 spiro atoms. The van der Waals surface area contributed by atoms with Gasteiger partial charge in [0.25, 0.3) is 0 Å². The number of nitriles is 2. The molecule has 0 N–H and O–H groups in total. The van der Waals surface area contributed by atoms with Gasteiger partial charge in [-0.15, -0.1) is 11.3 Å². The summed E-state index contributed by atoms with van der Waals surface area (Å²) < 4.78 is 12.4. The van der Waals surface area contributed by atoms with Gasteiger partial charge in [0.2, 0.25) is 0 Å². The zero-order chi connectivity index (χ0) is 23.8. The Morgan fingerprint density at radius 1 is 1.25 bits per heavy atom. The Balaban J connectivity index is 2.35. The molecule has 0 saturated carbocycles. The zero-order valence-corrected chi connectivity index (χ0v) is 22.5. The quantitative estimate of drug-likeness (QED) is 0.113. The minimum atomic E-state index is -0.524. The zero-order valence-electron chi connectivity index (χ0n) is 17.3. The van der Waals surface area contributed by atoms with Gasteiger partial charge in [0.1, 0.15) is 29.4 Å². The van der Waals surface area contributed by atoms with E-state index in [1.54, 1.807) is 19.9 Å². The molecule has 2 rings (SSSR count). The van der Waals surface area contributed by atoms with E-state index in [-0.39, 0.29) is 24.2 Å². The van der Waals surface area contributed by atoms with Crippen molar-refractivity contribution in [3.63, 3.8) is 0 Å². The predicted octanol–water partition coefficient (Wildman–Crippen LogP) is 5.60. The summed E-state index contributed by atoms with van der Waals surface area (Å²) in [4.78, 5) is 25.7. The van der Waals surface area contributed by atoms with Crippen molar-refractivity contribution in [1.29, 1.82) is 10.5 Å². The van der Waals surface area contributed by atoms with E-state index < -0.39 is 11.8 Å². The highest BCUT2D eigenvalue weighted by atomic mass is 127. The lowest BCUT2D eigenvalue weighted by atomic mass is 10.0. The first kappa shape index (κ1) is 26.0. The largest absolute Gasteiger partial charge is 0.487 e. The van der Waals surface area contributed by atoms with Crippen LogP contribution in [0.4, 0.5) is 0 Å². The number of nitrogens with zero attached hydrogens (tertiary/aromatic N) is 2. The molecule has 0 aliphatic rings. The maximum Gasteiger partial charge on any atom is 0.348 e. The van der Waals surface area contributed by atoms with Crippen molar-refractivity contribution in [3.05, 3.63) is 63.9 Å². The summed E-state index contributed by atoms with van der Waals surface area (Å²) in [6, 6.07) is 7.65. The third kappa shape index (κ3) is 6.18. The Bertz CT molecular complexity index is 1160. The smallest absolute Gasteiger partial charge is 0.348 e. The highest BCUT2D eigenvalue weighted by molar-refractivity contribution is 14.1. The molecule has 0 radical (unpaired) electrons. The summed E-state index contributed by atoms with van der Waals surface area (Å²) in [6.45, 7) is 7.57. The van der Waals surface area contributed by atoms with E-state index in [4.69, 9.17) is 9.47 Å². The van der Waals surface area contributed by atoms with Gasteiger partial charge in [-0.05, 0) is 88.4 Å². The van der Waals surface area contributed by atoms with Gasteiger partial charge in [0.15, 0.2) is 5.78 Å². The molecule has 1 aromatic heterocycles. The lowest BCUT2D eigenvalue weighted by Gasteiger charge is -2.10. The molecule has 0 fully saturated rings. The van der Waals surface area contributed by atoms with E-state index in [0.717, 1.165) is 18.5 Å². The fourth-order valence-corrected chi connectivity index (χ4v) is 6.04. The lowest BCUT2D eigenvalue weighted by Crippen LogP contribution is -2.05. The highest BCUT2D eigenvalue weighted by Gasteiger charge is 2.23. The molecule has 0 aliphatic heterocycles. The average Bonchev–Trinajstić information content (AvgIpc) is 3.06. The number of carbonyl (C=O) groups is 2. The van der Waals surface area contributed by atoms with E-state index in [2.05, 4.69) is 57.8 Å². The van der Waals surface area contributed by atoms with E-state index in [0.29, 0.717) is 33.2 Å². The molecule has 0 unspecified atom stereocenters. The van der Waals surface area contributed by atoms with E-state index >= 15 is 0 Å². The van der Waals surface area contributed by atoms with Gasteiger partial charge in [-0.2, -0.15) is 10.5 Å². The molecule has 0 bridgehead atoms. The summed E-state index contributed by atoms with van der Waals surface area (Å²) in [5.41, 5.74) is 1.41. The third-order valence-corrected chi connectivity index (χ3v) is 7.09. The van der Waals surface area contributed by atoms with Gasteiger partial charge in [0.05, 0.1) is 24.9 Å². The van der Waals surface area contributed by atoms with Crippen LogP contribution in [0.5, 0.6) is 5.75 Å². The van der Waals surface area contributed by atoms with E-state index in [1.165, 1.54) is 6.08 Å². The molecule has 0 atom stereocenters. The second kappa shape index (κ2) is 12.1. The number of esters is 1. The molecule has 0 aliphatic carbocycles. The molecular formula is C23H18I2N2O4S. The van der Waals surface area contributed by atoms with E-state index in [9.17, 15) is 20.1 Å². The van der Waals surface area contributed by atoms with Crippen LogP contribution in [0.1, 0.15) is 38.2 Å². The van der Waals surface area contributed by atoms with Gasteiger partial charge in [-0.3, -0.25) is 4.79 Å². The maximum atomic E-state index is 12.9. The van der Waals surface area contributed by atoms with Gasteiger partial charge in [0, 0.05) is 11.3 Å². The Labute approximate surface area is 217 Å². The number of rotatable bonds is 9. The van der Waals surface area contributed by atoms with Crippen LogP contribution in [-0.4, -0.2) is 25.0 Å². The number of ether oxygens (including phenoxy) is 2. The van der Waals surface area contributed by atoms with Crippen LogP contribution in [-0.2, 0) is 16.0 Å². The minimum absolute atomic E-state index is 0.0380. The van der Waals surface area contributed by atoms with Crippen molar-refractivity contribution in [2.24, 2.45) is 0 Å². The van der Waals surface area contributed by atoms with Crippen LogP contribution in [0.15, 0.2) is 30.4 Å². The van der Waals surface area contributed by atoms with Crippen LogP contribution in [0, 0.1) is 36.7 Å². The molecule has 32 heavy (non-hydrogen) atoms. The maximum absolute atomic E-state index is 12.9. The van der Waals surface area contributed by atoms with Crippen LogP contribution in [0.25, 0.3) is 6.08 Å². The summed E-state index contributed by atoms with van der Waals surface area (Å²) in [7, 11) is 0. The molecule has 2 aromatic rings. The SMILES string of the molecule is C=CCOc1c(I)cc(/C=C(\C#N)C(=O)Cc2sc(C(=O)OCC)c(C)c2C#N)cc1I. The second-order valence-electron chi connectivity index (χ2n) is 6.37. The number of hydrogen-bond donors (Lipinski definition) is 0. The van der Waals surface area contributed by atoms with Crippen LogP contribution >= 0.6 is 56.5 Å². The molecule has 164 valence electrons. The lowest BCUT2D eigenvalue weighted by molar-refractivity contribution is -0.114. The van der Waals surface area contributed by atoms with E-state index in [1.807, 2.05) is 18.2 Å². The first-order chi connectivity index (χ1) is 15.3. The summed E-state index contributed by atoms with van der Waals surface area (Å²) in [5, 5.41) is 19.1. The van der Waals surface area contributed by atoms with Crippen molar-refractivity contribution in [1.82, 2.24) is 0 Å². The molecular weight excluding hydrogens is 654 g/mol. The predicted molar refractivity (Wildman–Crippen MR) is 140 cm³/mol. The van der Waals surface area contributed by atoms with Crippen molar-refractivity contribution in [2.75, 3.05) is 13.2 Å². The van der Waals surface area contributed by atoms with Crippen molar-refractivity contribution < 1.29 is 19.1 Å². The third-order valence-electron chi connectivity index (χ3n) is 4.21. The number of halogens is 2. The molecule has 1 heterocycles. The number of thiophene rings is 1. The fraction of sp³-hybridized carbons (Fsp3) is 0.217. The van der Waals surface area contributed by atoms with Crippen molar-refractivity contribution >= 4 is 74.3 Å². The van der Waals surface area contributed by atoms with Crippen LogP contribution in [0.3, 0.4) is 0 Å². The number of carbonyl (C=O) groups excluding carboxylic acids is 2. The van der Waals surface area contributed by atoms with Gasteiger partial charge in [-0.25, -0.2) is 4.79 Å². The minimum Gasteiger partial charge on any atom is -0.487 e. The van der Waals surface area contributed by atoms with Crippen LogP contribution in [0.2, 0.25) is 0 Å². The number of allylic oxidation sites excluding steroid dienone is 1. The average molecular weight is 672 g/mol. The second-order valence-corrected chi connectivity index (χ2v) is 9.80. The van der Waals surface area contributed by atoms with Gasteiger partial charge >= 0.3 is 5.97 Å². The number of benzene rings is 1. The number of ketones is 1. The number of Topliss-reactive ketones (excluding diaryl/α,β-unsaturated/α-hetero) is 1. The Morgan fingerprint density at radius 2 is 1.91 bits per heavy atom.